The highest BCUT2D eigenvalue weighted by atomic mass is 35.5. The molecule has 1 rings (SSSR count). The van der Waals surface area contributed by atoms with Crippen LogP contribution in [-0.4, -0.2) is 29.9 Å². The van der Waals surface area contributed by atoms with Crippen LogP contribution in [0.1, 0.15) is 59.3 Å². The molecule has 0 aromatic rings. The first-order valence-corrected chi connectivity index (χ1v) is 7.64. The van der Waals surface area contributed by atoms with Crippen molar-refractivity contribution in [3.05, 3.63) is 0 Å². The molecule has 0 heterocycles. The fourth-order valence-electron chi connectivity index (χ4n) is 2.45. The van der Waals surface area contributed by atoms with Gasteiger partial charge >= 0.3 is 0 Å². The SMILES string of the molecule is CC(CC(=O)NCC(C)(C)N)NC(=O)C1CCCCC1.Cl. The van der Waals surface area contributed by atoms with Gasteiger partial charge in [-0.3, -0.25) is 9.59 Å². The Balaban J connectivity index is 0.00000400. The normalized spacial score (nSPS) is 17.5. The third-order valence-electron chi connectivity index (χ3n) is 3.60. The van der Waals surface area contributed by atoms with Crippen LogP contribution in [0.25, 0.3) is 0 Å². The van der Waals surface area contributed by atoms with Gasteiger partial charge in [0.1, 0.15) is 0 Å². The second kappa shape index (κ2) is 9.26. The van der Waals surface area contributed by atoms with Crippen LogP contribution in [-0.2, 0) is 9.59 Å². The lowest BCUT2D eigenvalue weighted by atomic mass is 9.88. The maximum Gasteiger partial charge on any atom is 0.223 e. The summed E-state index contributed by atoms with van der Waals surface area (Å²) in [6, 6.07) is -0.134. The molecule has 0 aromatic heterocycles. The molecule has 5 nitrogen and oxygen atoms in total. The first-order chi connectivity index (χ1) is 9.28. The topological polar surface area (TPSA) is 84.2 Å². The van der Waals surface area contributed by atoms with Gasteiger partial charge in [0.15, 0.2) is 0 Å². The minimum absolute atomic E-state index is 0. The maximum atomic E-state index is 12.0. The number of hydrogen-bond acceptors (Lipinski definition) is 3. The molecule has 0 saturated heterocycles. The first-order valence-electron chi connectivity index (χ1n) is 7.64. The number of carbonyl (C=O) groups is 2. The van der Waals surface area contributed by atoms with Crippen LogP contribution in [0.5, 0.6) is 0 Å². The summed E-state index contributed by atoms with van der Waals surface area (Å²) in [5.41, 5.74) is 5.40. The second-order valence-electron chi connectivity index (χ2n) is 6.71. The Morgan fingerprint density at radius 1 is 1.24 bits per heavy atom. The summed E-state index contributed by atoms with van der Waals surface area (Å²) in [5.74, 6) is 0.168. The zero-order valence-electron chi connectivity index (χ0n) is 13.4. The number of rotatable bonds is 6. The van der Waals surface area contributed by atoms with Crippen molar-refractivity contribution in [2.75, 3.05) is 6.54 Å². The molecule has 0 aromatic carbocycles. The Hall–Kier alpha value is -0.810. The number of amides is 2. The zero-order valence-corrected chi connectivity index (χ0v) is 14.2. The third-order valence-corrected chi connectivity index (χ3v) is 3.60. The highest BCUT2D eigenvalue weighted by molar-refractivity contribution is 5.85. The van der Waals surface area contributed by atoms with E-state index >= 15 is 0 Å². The average Bonchev–Trinajstić information content (AvgIpc) is 2.36. The molecule has 1 atom stereocenters. The molecule has 0 radical (unpaired) electrons. The van der Waals surface area contributed by atoms with E-state index in [1.165, 1.54) is 6.42 Å². The summed E-state index contributed by atoms with van der Waals surface area (Å²) < 4.78 is 0. The van der Waals surface area contributed by atoms with Crippen LogP contribution in [0.4, 0.5) is 0 Å². The molecule has 1 aliphatic rings. The molecule has 1 saturated carbocycles. The van der Waals surface area contributed by atoms with Gasteiger partial charge in [0.2, 0.25) is 11.8 Å². The second-order valence-corrected chi connectivity index (χ2v) is 6.71. The molecule has 0 aliphatic heterocycles. The number of halogens is 1. The first kappa shape index (κ1) is 20.2. The van der Waals surface area contributed by atoms with Crippen molar-refractivity contribution in [1.29, 1.82) is 0 Å². The van der Waals surface area contributed by atoms with Gasteiger partial charge in [-0.2, -0.15) is 0 Å². The lowest BCUT2D eigenvalue weighted by Crippen LogP contribution is -2.47. The van der Waals surface area contributed by atoms with Crippen LogP contribution in [0.2, 0.25) is 0 Å². The molecule has 6 heteroatoms. The van der Waals surface area contributed by atoms with Gasteiger partial charge in [-0.1, -0.05) is 19.3 Å². The predicted molar refractivity (Wildman–Crippen MR) is 87.3 cm³/mol. The lowest BCUT2D eigenvalue weighted by molar-refractivity contribution is -0.127. The highest BCUT2D eigenvalue weighted by Crippen LogP contribution is 2.23. The number of hydrogen-bond donors (Lipinski definition) is 3. The monoisotopic (exact) mass is 319 g/mol. The van der Waals surface area contributed by atoms with Crippen LogP contribution < -0.4 is 16.4 Å². The molecule has 1 aliphatic carbocycles. The van der Waals surface area contributed by atoms with Gasteiger partial charge in [0.05, 0.1) is 0 Å². The average molecular weight is 320 g/mol. The van der Waals surface area contributed by atoms with Crippen LogP contribution in [0.3, 0.4) is 0 Å². The summed E-state index contributed by atoms with van der Waals surface area (Å²) in [7, 11) is 0. The highest BCUT2D eigenvalue weighted by Gasteiger charge is 2.23. The van der Waals surface area contributed by atoms with Gasteiger partial charge in [-0.25, -0.2) is 0 Å². The van der Waals surface area contributed by atoms with Crippen molar-refractivity contribution in [3.63, 3.8) is 0 Å². The molecule has 0 spiro atoms. The van der Waals surface area contributed by atoms with E-state index in [4.69, 9.17) is 5.73 Å². The number of nitrogens with one attached hydrogen (secondary N) is 2. The molecule has 0 bridgehead atoms. The van der Waals surface area contributed by atoms with E-state index in [1.54, 1.807) is 0 Å². The fraction of sp³-hybridized carbons (Fsp3) is 0.867. The molecule has 2 amide bonds. The Labute approximate surface area is 134 Å². The van der Waals surface area contributed by atoms with Crippen molar-refractivity contribution >= 4 is 24.2 Å². The smallest absolute Gasteiger partial charge is 0.223 e. The Morgan fingerprint density at radius 2 is 1.81 bits per heavy atom. The minimum Gasteiger partial charge on any atom is -0.354 e. The Bertz CT molecular complexity index is 336. The molecule has 124 valence electrons. The molecule has 1 fully saturated rings. The van der Waals surface area contributed by atoms with Gasteiger partial charge in [-0.05, 0) is 33.6 Å². The van der Waals surface area contributed by atoms with Crippen molar-refractivity contribution in [3.8, 4) is 0 Å². The van der Waals surface area contributed by atoms with Crippen LogP contribution >= 0.6 is 12.4 Å². The Morgan fingerprint density at radius 3 is 2.33 bits per heavy atom. The summed E-state index contributed by atoms with van der Waals surface area (Å²) in [4.78, 5) is 23.8. The van der Waals surface area contributed by atoms with Crippen molar-refractivity contribution in [2.24, 2.45) is 11.7 Å². The zero-order chi connectivity index (χ0) is 15.2. The lowest BCUT2D eigenvalue weighted by Gasteiger charge is -2.23. The van der Waals surface area contributed by atoms with Crippen LogP contribution in [0, 0.1) is 5.92 Å². The third kappa shape index (κ3) is 8.94. The maximum absolute atomic E-state index is 12.0. The van der Waals surface area contributed by atoms with E-state index in [0.717, 1.165) is 25.7 Å². The summed E-state index contributed by atoms with van der Waals surface area (Å²) in [6.45, 7) is 6.03. The molecule has 21 heavy (non-hydrogen) atoms. The molecule has 1 unspecified atom stereocenters. The predicted octanol–water partition coefficient (Wildman–Crippen LogP) is 1.74. The van der Waals surface area contributed by atoms with Crippen molar-refractivity contribution < 1.29 is 9.59 Å². The van der Waals surface area contributed by atoms with Gasteiger partial charge in [-0.15, -0.1) is 12.4 Å². The van der Waals surface area contributed by atoms with Crippen molar-refractivity contribution in [1.82, 2.24) is 10.6 Å². The standard InChI is InChI=1S/C15H29N3O2.ClH/c1-11(9-13(19)17-10-15(2,3)16)18-14(20)12-7-5-4-6-8-12;/h11-12H,4-10,16H2,1-3H3,(H,17,19)(H,18,20);1H. The van der Waals surface area contributed by atoms with Gasteiger partial charge in [0, 0.05) is 30.5 Å². The molecular weight excluding hydrogens is 290 g/mol. The minimum atomic E-state index is -0.412. The van der Waals surface area contributed by atoms with E-state index in [2.05, 4.69) is 10.6 Å². The van der Waals surface area contributed by atoms with Gasteiger partial charge < -0.3 is 16.4 Å². The quantitative estimate of drug-likeness (QED) is 0.697. The van der Waals surface area contributed by atoms with E-state index in [9.17, 15) is 9.59 Å². The van der Waals surface area contributed by atoms with E-state index in [0.29, 0.717) is 13.0 Å². The molecular formula is C15H30ClN3O2. The molecule has 4 N–H and O–H groups in total. The Kier molecular flexibility index (Phi) is 8.90. The number of carbonyl (C=O) groups excluding carboxylic acids is 2. The van der Waals surface area contributed by atoms with E-state index in [-0.39, 0.29) is 36.2 Å². The van der Waals surface area contributed by atoms with Crippen molar-refractivity contribution in [2.45, 2.75) is 70.9 Å². The fourth-order valence-corrected chi connectivity index (χ4v) is 2.45. The van der Waals surface area contributed by atoms with Gasteiger partial charge in [0.25, 0.3) is 0 Å². The van der Waals surface area contributed by atoms with Crippen LogP contribution in [0.15, 0.2) is 0 Å². The number of nitrogens with two attached hydrogens (primary N) is 1. The van der Waals surface area contributed by atoms with E-state index in [1.807, 2.05) is 20.8 Å². The summed E-state index contributed by atoms with van der Waals surface area (Å²) >= 11 is 0. The largest absolute Gasteiger partial charge is 0.354 e. The summed E-state index contributed by atoms with van der Waals surface area (Å²) in [5, 5.41) is 5.74. The van der Waals surface area contributed by atoms with E-state index < -0.39 is 5.54 Å². The summed E-state index contributed by atoms with van der Waals surface area (Å²) in [6.07, 6.45) is 5.76.